The van der Waals surface area contributed by atoms with Crippen LogP contribution in [0.3, 0.4) is 0 Å². The quantitative estimate of drug-likeness (QED) is 0.339. The monoisotopic (exact) mass is 444 g/mol. The molecule has 2 aliphatic heterocycles. The van der Waals surface area contributed by atoms with Gasteiger partial charge in [0, 0.05) is 65.7 Å². The predicted octanol–water partition coefficient (Wildman–Crippen LogP) is 2.82. The lowest BCUT2D eigenvalue weighted by Crippen LogP contribution is -2.46. The molecule has 7 nitrogen and oxygen atoms in total. The van der Waals surface area contributed by atoms with E-state index in [1.807, 2.05) is 0 Å². The van der Waals surface area contributed by atoms with Crippen LogP contribution in [-0.4, -0.2) is 113 Å². The van der Waals surface area contributed by atoms with E-state index in [4.69, 9.17) is 23.7 Å². The van der Waals surface area contributed by atoms with E-state index in [0.29, 0.717) is 24.4 Å². The second-order valence-electron chi connectivity index (χ2n) is 9.29. The largest absolute Gasteiger partial charge is 0.381 e. The van der Waals surface area contributed by atoms with Gasteiger partial charge >= 0.3 is 0 Å². The van der Waals surface area contributed by atoms with E-state index in [2.05, 4.69) is 37.5 Å². The molecule has 184 valence electrons. The average Bonchev–Trinajstić information content (AvgIpc) is 2.69. The highest BCUT2D eigenvalue weighted by Crippen LogP contribution is 2.11. The van der Waals surface area contributed by atoms with Crippen LogP contribution in [0.4, 0.5) is 0 Å². The summed E-state index contributed by atoms with van der Waals surface area (Å²) in [6.45, 7) is 19.6. The van der Waals surface area contributed by atoms with Crippen molar-refractivity contribution in [3.8, 4) is 0 Å². The Hall–Kier alpha value is -0.280. The molecule has 2 saturated heterocycles. The highest BCUT2D eigenvalue weighted by molar-refractivity contribution is 4.73. The first-order valence-corrected chi connectivity index (χ1v) is 12.5. The van der Waals surface area contributed by atoms with E-state index >= 15 is 0 Å². The smallest absolute Gasteiger partial charge is 0.0678 e. The molecule has 31 heavy (non-hydrogen) atoms. The fraction of sp³-hybridized carbons (Fsp3) is 1.00. The van der Waals surface area contributed by atoms with Crippen LogP contribution in [0, 0.1) is 0 Å². The SMILES string of the molecule is CC1CN(CCOCCCCOCCCCOCCN2CC(C)OC(C)C2)CC(C)O1. The number of nitrogens with zero attached hydrogens (tertiary/aromatic N) is 2. The van der Waals surface area contributed by atoms with Gasteiger partial charge in [-0.15, -0.1) is 0 Å². The second-order valence-corrected chi connectivity index (χ2v) is 9.29. The van der Waals surface area contributed by atoms with Crippen molar-refractivity contribution in [3.63, 3.8) is 0 Å². The van der Waals surface area contributed by atoms with Crippen LogP contribution in [0.15, 0.2) is 0 Å². The van der Waals surface area contributed by atoms with Crippen LogP contribution in [0.1, 0.15) is 53.4 Å². The third kappa shape index (κ3) is 13.1. The summed E-state index contributed by atoms with van der Waals surface area (Å²) in [6, 6.07) is 0. The molecule has 0 saturated carbocycles. The van der Waals surface area contributed by atoms with Gasteiger partial charge in [0.15, 0.2) is 0 Å². The third-order valence-electron chi connectivity index (χ3n) is 5.75. The molecule has 2 rings (SSSR count). The molecule has 4 atom stereocenters. The van der Waals surface area contributed by atoms with Gasteiger partial charge in [-0.25, -0.2) is 0 Å². The summed E-state index contributed by atoms with van der Waals surface area (Å²) in [5, 5.41) is 0. The van der Waals surface area contributed by atoms with Crippen molar-refractivity contribution in [3.05, 3.63) is 0 Å². The maximum absolute atomic E-state index is 5.78. The summed E-state index contributed by atoms with van der Waals surface area (Å²) >= 11 is 0. The minimum absolute atomic E-state index is 0.329. The predicted molar refractivity (Wildman–Crippen MR) is 124 cm³/mol. The van der Waals surface area contributed by atoms with Gasteiger partial charge in [-0.05, 0) is 53.4 Å². The molecule has 0 aromatic heterocycles. The molecular weight excluding hydrogens is 396 g/mol. The first-order valence-electron chi connectivity index (χ1n) is 12.5. The lowest BCUT2D eigenvalue weighted by atomic mass is 10.2. The van der Waals surface area contributed by atoms with Crippen LogP contribution in [0.2, 0.25) is 0 Å². The average molecular weight is 445 g/mol. The molecule has 0 aliphatic carbocycles. The zero-order chi connectivity index (χ0) is 22.3. The van der Waals surface area contributed by atoms with Crippen molar-refractivity contribution in [1.29, 1.82) is 0 Å². The van der Waals surface area contributed by atoms with Gasteiger partial charge in [0.05, 0.1) is 37.6 Å². The van der Waals surface area contributed by atoms with Crippen molar-refractivity contribution in [2.75, 3.05) is 78.9 Å². The third-order valence-corrected chi connectivity index (χ3v) is 5.75. The lowest BCUT2D eigenvalue weighted by molar-refractivity contribution is -0.0732. The number of hydrogen-bond acceptors (Lipinski definition) is 7. The van der Waals surface area contributed by atoms with Crippen molar-refractivity contribution >= 4 is 0 Å². The van der Waals surface area contributed by atoms with Crippen LogP contribution < -0.4 is 0 Å². The standard InChI is InChI=1S/C24H48N2O5/c1-21-17-25(18-22(2)30-21)9-15-28-13-7-5-11-27-12-6-8-14-29-16-10-26-19-23(3)31-24(4)20-26/h21-24H,5-20H2,1-4H3. The maximum Gasteiger partial charge on any atom is 0.0678 e. The molecule has 2 heterocycles. The highest BCUT2D eigenvalue weighted by atomic mass is 16.5. The van der Waals surface area contributed by atoms with E-state index in [1.165, 1.54) is 0 Å². The lowest BCUT2D eigenvalue weighted by Gasteiger charge is -2.35. The fourth-order valence-electron chi connectivity index (χ4n) is 4.44. The van der Waals surface area contributed by atoms with Crippen LogP contribution in [-0.2, 0) is 23.7 Å². The number of ether oxygens (including phenoxy) is 5. The van der Waals surface area contributed by atoms with Gasteiger partial charge in [0.1, 0.15) is 0 Å². The van der Waals surface area contributed by atoms with Gasteiger partial charge < -0.3 is 23.7 Å². The molecule has 0 spiro atoms. The summed E-state index contributed by atoms with van der Waals surface area (Å²) < 4.78 is 28.8. The molecule has 0 bridgehead atoms. The molecule has 4 unspecified atom stereocenters. The maximum atomic E-state index is 5.78. The summed E-state index contributed by atoms with van der Waals surface area (Å²) in [5.74, 6) is 0. The van der Waals surface area contributed by atoms with Crippen molar-refractivity contribution in [2.45, 2.75) is 77.8 Å². The Bertz CT molecular complexity index is 384. The fourth-order valence-corrected chi connectivity index (χ4v) is 4.44. The Morgan fingerprint density at radius 1 is 0.516 bits per heavy atom. The zero-order valence-electron chi connectivity index (χ0n) is 20.6. The van der Waals surface area contributed by atoms with E-state index in [0.717, 1.165) is 105 Å². The van der Waals surface area contributed by atoms with Gasteiger partial charge in [-0.3, -0.25) is 9.80 Å². The Morgan fingerprint density at radius 2 is 0.806 bits per heavy atom. The minimum Gasteiger partial charge on any atom is -0.381 e. The molecule has 0 aromatic rings. The Kier molecular flexibility index (Phi) is 14.2. The number of rotatable bonds is 16. The molecule has 0 radical (unpaired) electrons. The van der Waals surface area contributed by atoms with E-state index < -0.39 is 0 Å². The van der Waals surface area contributed by atoms with Gasteiger partial charge in [-0.1, -0.05) is 0 Å². The summed E-state index contributed by atoms with van der Waals surface area (Å²) in [7, 11) is 0. The summed E-state index contributed by atoms with van der Waals surface area (Å²) in [4.78, 5) is 4.88. The van der Waals surface area contributed by atoms with Gasteiger partial charge in [-0.2, -0.15) is 0 Å². The van der Waals surface area contributed by atoms with Crippen LogP contribution in [0.25, 0.3) is 0 Å². The van der Waals surface area contributed by atoms with Crippen molar-refractivity contribution < 1.29 is 23.7 Å². The Morgan fingerprint density at radius 3 is 1.13 bits per heavy atom. The van der Waals surface area contributed by atoms with E-state index in [1.54, 1.807) is 0 Å². The Balaban J connectivity index is 1.27. The normalized spacial score (nSPS) is 28.3. The van der Waals surface area contributed by atoms with Crippen LogP contribution in [0.5, 0.6) is 0 Å². The summed E-state index contributed by atoms with van der Waals surface area (Å²) in [5.41, 5.74) is 0. The summed E-state index contributed by atoms with van der Waals surface area (Å²) in [6.07, 6.45) is 5.59. The topological polar surface area (TPSA) is 52.6 Å². The van der Waals surface area contributed by atoms with Crippen LogP contribution >= 0.6 is 0 Å². The number of unbranched alkanes of at least 4 members (excludes halogenated alkanes) is 2. The molecule has 0 N–H and O–H groups in total. The minimum atomic E-state index is 0.329. The van der Waals surface area contributed by atoms with Gasteiger partial charge in [0.2, 0.25) is 0 Å². The molecule has 0 aromatic carbocycles. The molecule has 0 amide bonds. The van der Waals surface area contributed by atoms with Crippen molar-refractivity contribution in [1.82, 2.24) is 9.80 Å². The highest BCUT2D eigenvalue weighted by Gasteiger charge is 2.22. The zero-order valence-corrected chi connectivity index (χ0v) is 20.6. The molecule has 7 heteroatoms. The molecule has 2 fully saturated rings. The van der Waals surface area contributed by atoms with E-state index in [9.17, 15) is 0 Å². The Labute approximate surface area is 190 Å². The second kappa shape index (κ2) is 16.4. The first kappa shape index (κ1) is 27.0. The number of hydrogen-bond donors (Lipinski definition) is 0. The first-order chi connectivity index (χ1) is 15.0. The number of morpholine rings is 2. The molecule has 2 aliphatic rings. The molecular formula is C24H48N2O5. The van der Waals surface area contributed by atoms with Crippen molar-refractivity contribution in [2.24, 2.45) is 0 Å². The van der Waals surface area contributed by atoms with E-state index in [-0.39, 0.29) is 0 Å². The van der Waals surface area contributed by atoms with Gasteiger partial charge in [0.25, 0.3) is 0 Å².